The third kappa shape index (κ3) is 7.10. The number of ether oxygens (including phenoxy) is 1. The molecular formula is C21H25N5O6S3. The summed E-state index contributed by atoms with van der Waals surface area (Å²) in [4.78, 5) is 28.1. The van der Waals surface area contributed by atoms with Gasteiger partial charge in [-0.15, -0.1) is 21.5 Å². The number of carbonyl (C=O) groups excluding carboxylic acids is 2. The van der Waals surface area contributed by atoms with Crippen LogP contribution in [0.4, 0.5) is 5.13 Å². The van der Waals surface area contributed by atoms with E-state index in [0.717, 1.165) is 11.8 Å². The third-order valence-electron chi connectivity index (χ3n) is 4.61. The maximum Gasteiger partial charge on any atom is 0.311 e. The minimum absolute atomic E-state index is 0.00940. The highest BCUT2D eigenvalue weighted by Gasteiger charge is 2.22. The number of sulfonamides is 1. The minimum atomic E-state index is -3.56. The second-order valence-corrected chi connectivity index (χ2v) is 10.7. The van der Waals surface area contributed by atoms with Crippen molar-refractivity contribution in [3.8, 4) is 11.5 Å². The Morgan fingerprint density at radius 2 is 1.86 bits per heavy atom. The summed E-state index contributed by atoms with van der Waals surface area (Å²) in [6.07, 6.45) is 0.0437. The Morgan fingerprint density at radius 1 is 1.14 bits per heavy atom. The Balaban J connectivity index is 1.54. The minimum Gasteiger partial charge on any atom is -0.466 e. The molecular weight excluding hydrogens is 514 g/mol. The number of hydrogen-bond acceptors (Lipinski definition) is 11. The van der Waals surface area contributed by atoms with Crippen molar-refractivity contribution in [3.05, 3.63) is 35.3 Å². The summed E-state index contributed by atoms with van der Waals surface area (Å²) in [6, 6.07) is 6.19. The van der Waals surface area contributed by atoms with E-state index in [2.05, 4.69) is 20.5 Å². The Labute approximate surface area is 211 Å². The lowest BCUT2D eigenvalue weighted by Gasteiger charge is -2.18. The number of rotatable bonds is 12. The molecule has 0 aliphatic carbocycles. The number of nitrogens with zero attached hydrogens (tertiary/aromatic N) is 4. The number of benzene rings is 1. The topological polar surface area (TPSA) is 145 Å². The van der Waals surface area contributed by atoms with E-state index in [1.165, 1.54) is 27.8 Å². The first kappa shape index (κ1) is 26.8. The zero-order valence-electron chi connectivity index (χ0n) is 19.4. The van der Waals surface area contributed by atoms with Crippen LogP contribution in [0.2, 0.25) is 0 Å². The SMILES string of the molecule is CCOC(=O)Cc1csc(NC(=O)CSc2nnc(-c3ccc(S(=O)(=O)N(CC)CC)cc3)o2)n1. The number of anilines is 1. The van der Waals surface area contributed by atoms with Gasteiger partial charge in [0, 0.05) is 24.0 Å². The predicted molar refractivity (Wildman–Crippen MR) is 132 cm³/mol. The van der Waals surface area contributed by atoms with E-state index in [4.69, 9.17) is 9.15 Å². The fourth-order valence-corrected chi connectivity index (χ4v) is 5.70. The van der Waals surface area contributed by atoms with Crippen molar-refractivity contribution in [2.45, 2.75) is 37.3 Å². The summed E-state index contributed by atoms with van der Waals surface area (Å²) in [6.45, 7) is 6.36. The van der Waals surface area contributed by atoms with Crippen molar-refractivity contribution in [2.75, 3.05) is 30.8 Å². The molecule has 0 atom stereocenters. The molecule has 1 aromatic carbocycles. The normalized spacial score (nSPS) is 11.5. The molecule has 14 heteroatoms. The van der Waals surface area contributed by atoms with Gasteiger partial charge in [-0.05, 0) is 31.2 Å². The van der Waals surface area contributed by atoms with Gasteiger partial charge in [0.25, 0.3) is 5.22 Å². The molecule has 1 N–H and O–H groups in total. The molecule has 0 saturated heterocycles. The van der Waals surface area contributed by atoms with Crippen LogP contribution < -0.4 is 5.32 Å². The van der Waals surface area contributed by atoms with Crippen LogP contribution in [-0.4, -0.2) is 65.2 Å². The van der Waals surface area contributed by atoms with Crippen LogP contribution in [0.25, 0.3) is 11.5 Å². The average molecular weight is 540 g/mol. The number of amides is 1. The molecule has 0 bridgehead atoms. The third-order valence-corrected chi connectivity index (χ3v) is 8.30. The summed E-state index contributed by atoms with van der Waals surface area (Å²) < 4.78 is 37.1. The fourth-order valence-electron chi connectivity index (χ4n) is 2.95. The number of thioether (sulfide) groups is 1. The molecule has 0 aliphatic heterocycles. The van der Waals surface area contributed by atoms with Gasteiger partial charge >= 0.3 is 5.97 Å². The summed E-state index contributed by atoms with van der Waals surface area (Å²) in [5.41, 5.74) is 1.08. The van der Waals surface area contributed by atoms with E-state index in [9.17, 15) is 18.0 Å². The molecule has 0 saturated carbocycles. The fraction of sp³-hybridized carbons (Fsp3) is 0.381. The van der Waals surface area contributed by atoms with E-state index in [1.807, 2.05) is 0 Å². The number of nitrogens with one attached hydrogen (secondary N) is 1. The second kappa shape index (κ2) is 12.2. The molecule has 0 spiro atoms. The molecule has 0 aliphatic rings. The van der Waals surface area contributed by atoms with Crippen LogP contribution in [0.3, 0.4) is 0 Å². The Bertz CT molecular complexity index is 1250. The number of hydrogen-bond donors (Lipinski definition) is 1. The zero-order chi connectivity index (χ0) is 25.4. The lowest BCUT2D eigenvalue weighted by molar-refractivity contribution is -0.142. The molecule has 188 valence electrons. The first-order chi connectivity index (χ1) is 16.8. The number of thiazole rings is 1. The second-order valence-electron chi connectivity index (χ2n) is 6.95. The van der Waals surface area contributed by atoms with Gasteiger partial charge in [0.05, 0.1) is 29.4 Å². The van der Waals surface area contributed by atoms with Crippen molar-refractivity contribution in [2.24, 2.45) is 0 Å². The molecule has 3 rings (SSSR count). The van der Waals surface area contributed by atoms with Gasteiger partial charge in [-0.3, -0.25) is 9.59 Å². The van der Waals surface area contributed by atoms with Crippen molar-refractivity contribution >= 4 is 50.1 Å². The van der Waals surface area contributed by atoms with Gasteiger partial charge in [0.15, 0.2) is 5.13 Å². The van der Waals surface area contributed by atoms with Crippen molar-refractivity contribution < 1.29 is 27.2 Å². The molecule has 2 heterocycles. The van der Waals surface area contributed by atoms with Gasteiger partial charge in [-0.25, -0.2) is 13.4 Å². The molecule has 3 aromatic rings. The maximum atomic E-state index is 12.6. The molecule has 2 aromatic heterocycles. The van der Waals surface area contributed by atoms with Crippen molar-refractivity contribution in [1.29, 1.82) is 0 Å². The summed E-state index contributed by atoms with van der Waals surface area (Å²) in [5, 5.41) is 12.8. The standard InChI is InChI=1S/C21H25N5O6S3/c1-4-26(5-2)35(29,30)16-9-7-14(8-10-16)19-24-25-21(32-19)34-13-17(27)23-20-22-15(12-33-20)11-18(28)31-6-3/h7-10,12H,4-6,11,13H2,1-3H3,(H,22,23,27). The summed E-state index contributed by atoms with van der Waals surface area (Å²) in [7, 11) is -3.56. The van der Waals surface area contributed by atoms with E-state index >= 15 is 0 Å². The highest BCUT2D eigenvalue weighted by molar-refractivity contribution is 7.99. The van der Waals surface area contributed by atoms with Crippen molar-refractivity contribution in [3.63, 3.8) is 0 Å². The van der Waals surface area contributed by atoms with Gasteiger partial charge < -0.3 is 14.5 Å². The van der Waals surface area contributed by atoms with E-state index < -0.39 is 10.0 Å². The molecule has 0 fully saturated rings. The Kier molecular flexibility index (Phi) is 9.37. The van der Waals surface area contributed by atoms with Crippen LogP contribution in [-0.2, 0) is 30.8 Å². The van der Waals surface area contributed by atoms with Crippen LogP contribution >= 0.6 is 23.1 Å². The zero-order valence-corrected chi connectivity index (χ0v) is 21.8. The van der Waals surface area contributed by atoms with Crippen LogP contribution in [0.15, 0.2) is 44.2 Å². The average Bonchev–Trinajstić information content (AvgIpc) is 3.48. The quantitative estimate of drug-likeness (QED) is 0.269. The number of esters is 1. The van der Waals surface area contributed by atoms with Gasteiger partial charge in [-0.2, -0.15) is 4.31 Å². The van der Waals surface area contributed by atoms with Crippen LogP contribution in [0, 0.1) is 0 Å². The van der Waals surface area contributed by atoms with Crippen LogP contribution in [0.5, 0.6) is 0 Å². The van der Waals surface area contributed by atoms with E-state index in [-0.39, 0.29) is 40.1 Å². The summed E-state index contributed by atoms with van der Waals surface area (Å²) in [5.74, 6) is -0.477. The van der Waals surface area contributed by atoms with Crippen LogP contribution in [0.1, 0.15) is 26.5 Å². The number of aromatic nitrogens is 3. The lowest BCUT2D eigenvalue weighted by atomic mass is 10.2. The molecule has 35 heavy (non-hydrogen) atoms. The van der Waals surface area contributed by atoms with Gasteiger partial charge in [0.1, 0.15) is 0 Å². The monoisotopic (exact) mass is 539 g/mol. The first-order valence-corrected chi connectivity index (χ1v) is 14.0. The lowest BCUT2D eigenvalue weighted by Crippen LogP contribution is -2.30. The summed E-state index contributed by atoms with van der Waals surface area (Å²) >= 11 is 2.26. The van der Waals surface area contributed by atoms with Gasteiger partial charge in [-0.1, -0.05) is 25.6 Å². The first-order valence-electron chi connectivity index (χ1n) is 10.7. The molecule has 0 unspecified atom stereocenters. The predicted octanol–water partition coefficient (Wildman–Crippen LogP) is 3.06. The molecule has 0 radical (unpaired) electrons. The van der Waals surface area contributed by atoms with Gasteiger partial charge in [0.2, 0.25) is 21.8 Å². The Morgan fingerprint density at radius 3 is 2.51 bits per heavy atom. The van der Waals surface area contributed by atoms with Crippen molar-refractivity contribution in [1.82, 2.24) is 19.5 Å². The Hall–Kier alpha value is -2.81. The maximum absolute atomic E-state index is 12.6. The van der Waals surface area contributed by atoms with E-state index in [1.54, 1.807) is 38.3 Å². The molecule has 11 nitrogen and oxygen atoms in total. The number of carbonyl (C=O) groups is 2. The molecule has 1 amide bonds. The highest BCUT2D eigenvalue weighted by atomic mass is 32.2. The van der Waals surface area contributed by atoms with E-state index in [0.29, 0.717) is 36.1 Å². The largest absolute Gasteiger partial charge is 0.466 e. The highest BCUT2D eigenvalue weighted by Crippen LogP contribution is 2.25. The smallest absolute Gasteiger partial charge is 0.311 e.